The maximum atomic E-state index is 12.3. The monoisotopic (exact) mass is 345 g/mol. The van der Waals surface area contributed by atoms with Crippen molar-refractivity contribution in [3.8, 4) is 0 Å². The number of aromatic nitrogens is 1. The third-order valence-electron chi connectivity index (χ3n) is 2.71. The maximum Gasteiger partial charge on any atom is 0.434 e. The molecule has 0 aliphatic carbocycles. The van der Waals surface area contributed by atoms with Crippen molar-refractivity contribution in [2.45, 2.75) is 25.2 Å². The Kier molecular flexibility index (Phi) is 6.85. The van der Waals surface area contributed by atoms with Crippen molar-refractivity contribution in [1.29, 1.82) is 0 Å². The number of morpholine rings is 1. The first-order valence-electron chi connectivity index (χ1n) is 6.04. The summed E-state index contributed by atoms with van der Waals surface area (Å²) in [6.07, 6.45) is -4.21. The summed E-state index contributed by atoms with van der Waals surface area (Å²) in [5.41, 5.74) is -0.922. The summed E-state index contributed by atoms with van der Waals surface area (Å²) in [7, 11) is 0. The summed E-state index contributed by atoms with van der Waals surface area (Å²) < 4.78 is 42.2. The lowest BCUT2D eigenvalue weighted by Crippen LogP contribution is -2.44. The van der Waals surface area contributed by atoms with Crippen molar-refractivity contribution >= 4 is 29.7 Å². The van der Waals surface area contributed by atoms with Crippen molar-refractivity contribution in [2.75, 3.05) is 19.8 Å². The number of amides is 1. The van der Waals surface area contributed by atoms with Crippen LogP contribution in [-0.2, 0) is 22.3 Å². The number of carbonyl (C=O) groups excluding carboxylic acids is 1. The smallest absolute Gasteiger partial charge is 0.378 e. The van der Waals surface area contributed by atoms with Gasteiger partial charge < -0.3 is 15.4 Å². The molecule has 21 heavy (non-hydrogen) atoms. The van der Waals surface area contributed by atoms with E-state index in [1.54, 1.807) is 0 Å². The van der Waals surface area contributed by atoms with E-state index in [2.05, 4.69) is 15.6 Å². The number of ether oxygens (including phenoxy) is 1. The number of halogens is 4. The van der Waals surface area contributed by atoms with Gasteiger partial charge >= 0.3 is 6.18 Å². The van der Waals surface area contributed by atoms with Crippen LogP contribution in [0, 0.1) is 0 Å². The highest BCUT2D eigenvalue weighted by Crippen LogP contribution is 2.29. The fourth-order valence-electron chi connectivity index (χ4n) is 1.74. The highest BCUT2D eigenvalue weighted by molar-refractivity contribution is 7.09. The molecule has 120 valence electrons. The van der Waals surface area contributed by atoms with Crippen LogP contribution in [0.5, 0.6) is 0 Å². The van der Waals surface area contributed by atoms with E-state index in [9.17, 15) is 18.0 Å². The molecule has 1 aliphatic heterocycles. The second-order valence-electron chi connectivity index (χ2n) is 4.33. The van der Waals surface area contributed by atoms with Crippen LogP contribution in [-0.4, -0.2) is 36.7 Å². The lowest BCUT2D eigenvalue weighted by atomic mass is 10.2. The minimum absolute atomic E-state index is 0. The Morgan fingerprint density at radius 3 is 2.90 bits per heavy atom. The van der Waals surface area contributed by atoms with Gasteiger partial charge in [-0.1, -0.05) is 0 Å². The fourth-order valence-corrected chi connectivity index (χ4v) is 2.48. The maximum absolute atomic E-state index is 12.3. The summed E-state index contributed by atoms with van der Waals surface area (Å²) in [5, 5.41) is 6.86. The molecule has 1 amide bonds. The Morgan fingerprint density at radius 2 is 2.33 bits per heavy atom. The lowest BCUT2D eigenvalue weighted by Gasteiger charge is -2.23. The van der Waals surface area contributed by atoms with Crippen molar-refractivity contribution < 1.29 is 22.7 Å². The number of alkyl halides is 3. The molecule has 0 radical (unpaired) electrons. The Balaban J connectivity index is 0.00000220. The summed E-state index contributed by atoms with van der Waals surface area (Å²) in [6, 6.07) is -0.0502. The van der Waals surface area contributed by atoms with E-state index < -0.39 is 11.9 Å². The molecule has 2 rings (SSSR count). The van der Waals surface area contributed by atoms with Gasteiger partial charge in [0, 0.05) is 24.4 Å². The normalized spacial score (nSPS) is 18.9. The first kappa shape index (κ1) is 18.1. The summed E-state index contributed by atoms with van der Waals surface area (Å²) in [5.74, 6) is -0.239. The Labute approximate surface area is 129 Å². The lowest BCUT2D eigenvalue weighted by molar-refractivity contribution is -0.140. The van der Waals surface area contributed by atoms with Gasteiger partial charge in [-0.25, -0.2) is 4.98 Å². The number of hydrogen-bond acceptors (Lipinski definition) is 5. The molecule has 1 aromatic rings. The van der Waals surface area contributed by atoms with Gasteiger partial charge in [0.25, 0.3) is 0 Å². The van der Waals surface area contributed by atoms with Crippen LogP contribution in [0.4, 0.5) is 13.2 Å². The minimum Gasteiger partial charge on any atom is -0.378 e. The first-order chi connectivity index (χ1) is 9.45. The molecule has 1 saturated heterocycles. The number of nitrogens with zero attached hydrogens (tertiary/aromatic N) is 1. The first-order valence-corrected chi connectivity index (χ1v) is 6.92. The molecule has 0 aromatic carbocycles. The molecule has 2 heterocycles. The van der Waals surface area contributed by atoms with Crippen LogP contribution >= 0.6 is 23.7 Å². The number of carbonyl (C=O) groups is 1. The molecular formula is C11H15ClF3N3O2S. The number of rotatable bonds is 4. The molecule has 1 atom stereocenters. The topological polar surface area (TPSA) is 63.2 Å². The molecule has 1 unspecified atom stereocenters. The predicted octanol–water partition coefficient (Wildman–Crippen LogP) is 1.58. The van der Waals surface area contributed by atoms with Crippen molar-refractivity contribution in [1.82, 2.24) is 15.6 Å². The quantitative estimate of drug-likeness (QED) is 0.869. The average molecular weight is 346 g/mol. The van der Waals surface area contributed by atoms with Gasteiger partial charge in [0.1, 0.15) is 5.01 Å². The SMILES string of the molecule is Cl.O=C(CC1COCCN1)NCc1nc(C(F)(F)F)cs1. The molecular weight excluding hydrogens is 331 g/mol. The van der Waals surface area contributed by atoms with Crippen molar-refractivity contribution in [2.24, 2.45) is 0 Å². The number of thiazole rings is 1. The molecule has 2 N–H and O–H groups in total. The van der Waals surface area contributed by atoms with Crippen molar-refractivity contribution in [3.05, 3.63) is 16.1 Å². The van der Waals surface area contributed by atoms with Gasteiger partial charge in [0.05, 0.1) is 19.8 Å². The predicted molar refractivity (Wildman–Crippen MR) is 73.4 cm³/mol. The Bertz CT molecular complexity index is 464. The zero-order valence-corrected chi connectivity index (χ0v) is 12.5. The highest BCUT2D eigenvalue weighted by Gasteiger charge is 2.33. The molecule has 10 heteroatoms. The van der Waals surface area contributed by atoms with E-state index in [0.29, 0.717) is 19.8 Å². The molecule has 5 nitrogen and oxygen atoms in total. The van der Waals surface area contributed by atoms with E-state index in [-0.39, 0.29) is 42.3 Å². The highest BCUT2D eigenvalue weighted by atomic mass is 35.5. The molecule has 1 aromatic heterocycles. The van der Waals surface area contributed by atoms with Gasteiger partial charge in [0.2, 0.25) is 5.91 Å². The van der Waals surface area contributed by atoms with Crippen molar-refractivity contribution in [3.63, 3.8) is 0 Å². The molecule has 0 bridgehead atoms. The summed E-state index contributed by atoms with van der Waals surface area (Å²) in [4.78, 5) is 15.1. The van der Waals surface area contributed by atoms with Crippen LogP contribution < -0.4 is 10.6 Å². The zero-order valence-electron chi connectivity index (χ0n) is 10.9. The minimum atomic E-state index is -4.44. The zero-order chi connectivity index (χ0) is 14.6. The molecule has 1 fully saturated rings. The van der Waals surface area contributed by atoms with Gasteiger partial charge in [-0.15, -0.1) is 23.7 Å². The van der Waals surface area contributed by atoms with E-state index in [0.717, 1.165) is 16.7 Å². The summed E-state index contributed by atoms with van der Waals surface area (Å²) >= 11 is 0.878. The van der Waals surface area contributed by atoms with Crippen LogP contribution in [0.2, 0.25) is 0 Å². The van der Waals surface area contributed by atoms with E-state index in [1.165, 1.54) is 0 Å². The number of hydrogen-bond donors (Lipinski definition) is 2. The van der Waals surface area contributed by atoms with E-state index in [1.807, 2.05) is 0 Å². The summed E-state index contributed by atoms with van der Waals surface area (Å²) in [6.45, 7) is 1.78. The largest absolute Gasteiger partial charge is 0.434 e. The third kappa shape index (κ3) is 5.77. The fraction of sp³-hybridized carbons (Fsp3) is 0.636. The van der Waals surface area contributed by atoms with Crippen LogP contribution in [0.15, 0.2) is 5.38 Å². The van der Waals surface area contributed by atoms with Gasteiger partial charge in [-0.2, -0.15) is 13.2 Å². The number of nitrogens with one attached hydrogen (secondary N) is 2. The Hall–Kier alpha value is -0.900. The molecule has 1 aliphatic rings. The van der Waals surface area contributed by atoms with Crippen LogP contribution in [0.3, 0.4) is 0 Å². The van der Waals surface area contributed by atoms with Gasteiger partial charge in [0.15, 0.2) is 5.69 Å². The molecule has 0 spiro atoms. The third-order valence-corrected chi connectivity index (χ3v) is 3.56. The van der Waals surface area contributed by atoms with Gasteiger partial charge in [-0.3, -0.25) is 4.79 Å². The second-order valence-corrected chi connectivity index (χ2v) is 5.27. The van der Waals surface area contributed by atoms with Gasteiger partial charge in [-0.05, 0) is 0 Å². The van der Waals surface area contributed by atoms with E-state index in [4.69, 9.17) is 4.74 Å². The second kappa shape index (κ2) is 7.92. The van der Waals surface area contributed by atoms with E-state index >= 15 is 0 Å². The Morgan fingerprint density at radius 1 is 1.57 bits per heavy atom. The van der Waals surface area contributed by atoms with Crippen LogP contribution in [0.1, 0.15) is 17.1 Å². The standard InChI is InChI=1S/C11H14F3N3O2S.ClH/c12-11(13,14)8-6-20-10(17-8)4-16-9(18)3-7-5-19-2-1-15-7;/h6-7,15H,1-5H2,(H,16,18);1H. The molecule has 0 saturated carbocycles. The van der Waals surface area contributed by atoms with Crippen LogP contribution in [0.25, 0.3) is 0 Å². The average Bonchev–Trinajstić information content (AvgIpc) is 2.86.